The molecule has 0 bridgehead atoms. The first kappa shape index (κ1) is 13.7. The molecule has 0 spiro atoms. The molecule has 0 radical (unpaired) electrons. The van der Waals surface area contributed by atoms with E-state index in [1.54, 1.807) is 0 Å². The summed E-state index contributed by atoms with van der Waals surface area (Å²) in [5, 5.41) is 0.797. The fourth-order valence-corrected chi connectivity index (χ4v) is 3.00. The van der Waals surface area contributed by atoms with Crippen LogP contribution < -0.4 is 5.73 Å². The van der Waals surface area contributed by atoms with E-state index >= 15 is 0 Å². The Morgan fingerprint density at radius 1 is 1.33 bits per heavy atom. The zero-order chi connectivity index (χ0) is 13.0. The lowest BCUT2D eigenvalue weighted by Gasteiger charge is -2.21. The predicted octanol–water partition coefficient (Wildman–Crippen LogP) is 3.93. The monoisotopic (exact) mass is 266 g/mol. The number of rotatable bonds is 3. The molecule has 1 saturated heterocycles. The highest BCUT2D eigenvalue weighted by Crippen LogP contribution is 2.26. The van der Waals surface area contributed by atoms with E-state index in [0.717, 1.165) is 28.7 Å². The van der Waals surface area contributed by atoms with E-state index in [4.69, 9.17) is 17.3 Å². The van der Waals surface area contributed by atoms with E-state index < -0.39 is 0 Å². The van der Waals surface area contributed by atoms with Gasteiger partial charge < -0.3 is 5.73 Å². The van der Waals surface area contributed by atoms with E-state index in [2.05, 4.69) is 11.8 Å². The third-order valence-electron chi connectivity index (χ3n) is 4.05. The number of benzene rings is 1. The van der Waals surface area contributed by atoms with Gasteiger partial charge in [-0.2, -0.15) is 0 Å². The van der Waals surface area contributed by atoms with Gasteiger partial charge in [0.1, 0.15) is 0 Å². The number of anilines is 1. The van der Waals surface area contributed by atoms with Crippen LogP contribution in [0.3, 0.4) is 0 Å². The van der Waals surface area contributed by atoms with E-state index in [1.807, 2.05) is 18.2 Å². The Balaban J connectivity index is 2.01. The highest BCUT2D eigenvalue weighted by atomic mass is 35.5. The van der Waals surface area contributed by atoms with Crippen LogP contribution in [0, 0.1) is 5.92 Å². The van der Waals surface area contributed by atoms with Gasteiger partial charge in [0, 0.05) is 22.8 Å². The molecular formula is C15H23ClN2. The summed E-state index contributed by atoms with van der Waals surface area (Å²) in [6.07, 6.45) is 5.27. The molecular weight excluding hydrogens is 244 g/mol. The molecule has 1 unspecified atom stereocenters. The number of nitrogen functional groups attached to an aromatic ring is 1. The Hall–Kier alpha value is -0.730. The first-order valence-electron chi connectivity index (χ1n) is 6.96. The van der Waals surface area contributed by atoms with Gasteiger partial charge in [0.15, 0.2) is 0 Å². The van der Waals surface area contributed by atoms with Crippen LogP contribution in [0.1, 0.15) is 38.2 Å². The van der Waals surface area contributed by atoms with Crippen molar-refractivity contribution >= 4 is 17.3 Å². The number of nitrogens with two attached hydrogens (primary N) is 1. The Bertz CT molecular complexity index is 372. The quantitative estimate of drug-likeness (QED) is 0.840. The normalized spacial score (nSPS) is 21.8. The average Bonchev–Trinajstić information content (AvgIpc) is 2.59. The Morgan fingerprint density at radius 2 is 2.17 bits per heavy atom. The molecule has 1 heterocycles. The molecule has 2 rings (SSSR count). The van der Waals surface area contributed by atoms with Crippen molar-refractivity contribution in [3.05, 3.63) is 28.8 Å². The number of hydrogen-bond acceptors (Lipinski definition) is 2. The second kappa shape index (κ2) is 6.44. The highest BCUT2D eigenvalue weighted by molar-refractivity contribution is 6.31. The summed E-state index contributed by atoms with van der Waals surface area (Å²) < 4.78 is 0. The summed E-state index contributed by atoms with van der Waals surface area (Å²) in [7, 11) is 0. The van der Waals surface area contributed by atoms with Crippen LogP contribution in [-0.4, -0.2) is 18.0 Å². The van der Waals surface area contributed by atoms with Crippen LogP contribution in [0.2, 0.25) is 5.02 Å². The molecule has 2 N–H and O–H groups in total. The number of nitrogens with zero attached hydrogens (tertiary/aromatic N) is 1. The molecule has 1 aromatic carbocycles. The third-order valence-corrected chi connectivity index (χ3v) is 4.41. The highest BCUT2D eigenvalue weighted by Gasteiger charge is 2.17. The third kappa shape index (κ3) is 3.39. The predicted molar refractivity (Wildman–Crippen MR) is 78.8 cm³/mol. The molecule has 1 aromatic rings. The van der Waals surface area contributed by atoms with Crippen molar-refractivity contribution in [2.45, 2.75) is 39.2 Å². The standard InChI is InChI=1S/C15H23ClN2/c1-2-12-5-4-9-18(10-8-12)11-13-14(16)6-3-7-15(13)17/h3,6-7,12H,2,4-5,8-11,17H2,1H3. The molecule has 2 nitrogen and oxygen atoms in total. The summed E-state index contributed by atoms with van der Waals surface area (Å²) in [4.78, 5) is 2.49. The maximum atomic E-state index is 6.24. The van der Waals surface area contributed by atoms with Crippen molar-refractivity contribution in [2.75, 3.05) is 18.8 Å². The summed E-state index contributed by atoms with van der Waals surface area (Å²) in [6.45, 7) is 5.53. The molecule has 3 heteroatoms. The van der Waals surface area contributed by atoms with Gasteiger partial charge in [-0.15, -0.1) is 0 Å². The van der Waals surface area contributed by atoms with Crippen molar-refractivity contribution < 1.29 is 0 Å². The van der Waals surface area contributed by atoms with Crippen LogP contribution in [-0.2, 0) is 6.54 Å². The van der Waals surface area contributed by atoms with E-state index in [0.29, 0.717) is 0 Å². The SMILES string of the molecule is CCC1CCCN(Cc2c(N)cccc2Cl)CC1. The van der Waals surface area contributed by atoms with Gasteiger partial charge in [-0.05, 0) is 50.4 Å². The molecule has 18 heavy (non-hydrogen) atoms. The van der Waals surface area contributed by atoms with Gasteiger partial charge >= 0.3 is 0 Å². The van der Waals surface area contributed by atoms with Gasteiger partial charge in [-0.25, -0.2) is 0 Å². The first-order chi connectivity index (χ1) is 8.70. The second-order valence-electron chi connectivity index (χ2n) is 5.29. The van der Waals surface area contributed by atoms with Crippen molar-refractivity contribution in [1.82, 2.24) is 4.90 Å². The molecule has 0 saturated carbocycles. The smallest absolute Gasteiger partial charge is 0.0471 e. The van der Waals surface area contributed by atoms with Gasteiger partial charge in [0.25, 0.3) is 0 Å². The van der Waals surface area contributed by atoms with Crippen molar-refractivity contribution in [1.29, 1.82) is 0 Å². The number of likely N-dealkylation sites (tertiary alicyclic amines) is 1. The van der Waals surface area contributed by atoms with Gasteiger partial charge in [0.05, 0.1) is 0 Å². The first-order valence-corrected chi connectivity index (χ1v) is 7.33. The van der Waals surface area contributed by atoms with Gasteiger partial charge in [-0.1, -0.05) is 31.0 Å². The molecule has 1 aliphatic rings. The zero-order valence-corrected chi connectivity index (χ0v) is 11.9. The van der Waals surface area contributed by atoms with Crippen molar-refractivity contribution in [3.8, 4) is 0 Å². The van der Waals surface area contributed by atoms with E-state index in [-0.39, 0.29) is 0 Å². The average molecular weight is 267 g/mol. The van der Waals surface area contributed by atoms with Gasteiger partial charge in [-0.3, -0.25) is 4.90 Å². The van der Waals surface area contributed by atoms with E-state index in [1.165, 1.54) is 38.8 Å². The molecule has 100 valence electrons. The molecule has 0 aliphatic carbocycles. The Labute approximate surface area is 115 Å². The second-order valence-corrected chi connectivity index (χ2v) is 5.70. The summed E-state index contributed by atoms with van der Waals surface area (Å²) in [5.74, 6) is 0.901. The molecule has 1 aliphatic heterocycles. The lowest BCUT2D eigenvalue weighted by atomic mass is 9.98. The molecule has 1 atom stereocenters. The molecule has 0 amide bonds. The van der Waals surface area contributed by atoms with Crippen molar-refractivity contribution in [2.24, 2.45) is 5.92 Å². The maximum Gasteiger partial charge on any atom is 0.0471 e. The van der Waals surface area contributed by atoms with Crippen LogP contribution in [0.15, 0.2) is 18.2 Å². The lowest BCUT2D eigenvalue weighted by molar-refractivity contribution is 0.272. The summed E-state index contributed by atoms with van der Waals surface area (Å²) in [6, 6.07) is 5.78. The zero-order valence-electron chi connectivity index (χ0n) is 11.2. The topological polar surface area (TPSA) is 29.3 Å². The summed E-state index contributed by atoms with van der Waals surface area (Å²) in [5.41, 5.74) is 7.93. The molecule has 1 fully saturated rings. The minimum absolute atomic E-state index is 0.797. The lowest BCUT2D eigenvalue weighted by Crippen LogP contribution is -2.25. The van der Waals surface area contributed by atoms with Crippen LogP contribution in [0.5, 0.6) is 0 Å². The fourth-order valence-electron chi connectivity index (χ4n) is 2.76. The number of hydrogen-bond donors (Lipinski definition) is 1. The Kier molecular flexibility index (Phi) is 4.90. The summed E-state index contributed by atoms with van der Waals surface area (Å²) >= 11 is 6.24. The van der Waals surface area contributed by atoms with Crippen LogP contribution in [0.4, 0.5) is 5.69 Å². The van der Waals surface area contributed by atoms with E-state index in [9.17, 15) is 0 Å². The molecule has 0 aromatic heterocycles. The minimum atomic E-state index is 0.797. The van der Waals surface area contributed by atoms with Crippen molar-refractivity contribution in [3.63, 3.8) is 0 Å². The Morgan fingerprint density at radius 3 is 2.89 bits per heavy atom. The van der Waals surface area contributed by atoms with Crippen LogP contribution >= 0.6 is 11.6 Å². The maximum absolute atomic E-state index is 6.24. The minimum Gasteiger partial charge on any atom is -0.398 e. The van der Waals surface area contributed by atoms with Gasteiger partial charge in [0.2, 0.25) is 0 Å². The number of halogens is 1. The fraction of sp³-hybridized carbons (Fsp3) is 0.600. The largest absolute Gasteiger partial charge is 0.398 e. The van der Waals surface area contributed by atoms with Crippen LogP contribution in [0.25, 0.3) is 0 Å².